The van der Waals surface area contributed by atoms with Crippen molar-refractivity contribution in [3.63, 3.8) is 0 Å². The molecule has 0 saturated carbocycles. The third-order valence-electron chi connectivity index (χ3n) is 2.15. The maximum atomic E-state index is 11.9. The Morgan fingerprint density at radius 2 is 2.21 bits per heavy atom. The number of carbonyl (C=O) groups is 1. The Labute approximate surface area is 111 Å². The van der Waals surface area contributed by atoms with Crippen LogP contribution in [0, 0.1) is 17.0 Å². The maximum absolute atomic E-state index is 11.9. The molecule has 8 nitrogen and oxygen atoms in total. The molecule has 2 aromatic rings. The van der Waals surface area contributed by atoms with Gasteiger partial charge >= 0.3 is 6.01 Å². The van der Waals surface area contributed by atoms with Gasteiger partial charge in [-0.1, -0.05) is 16.7 Å². The summed E-state index contributed by atoms with van der Waals surface area (Å²) in [6.07, 6.45) is 0. The number of nitrogens with one attached hydrogen (secondary N) is 1. The van der Waals surface area contributed by atoms with Crippen molar-refractivity contribution in [2.45, 2.75) is 6.92 Å². The second-order valence-electron chi connectivity index (χ2n) is 3.50. The van der Waals surface area contributed by atoms with E-state index in [9.17, 15) is 14.9 Å². The molecule has 0 bridgehead atoms. The quantitative estimate of drug-likeness (QED) is 0.682. The second-order valence-corrected chi connectivity index (χ2v) is 3.91. The molecule has 0 unspecified atom stereocenters. The van der Waals surface area contributed by atoms with Crippen LogP contribution < -0.4 is 5.32 Å². The fraction of sp³-hybridized carbons (Fsp3) is 0.100. The van der Waals surface area contributed by atoms with E-state index in [1.165, 1.54) is 12.1 Å². The molecular formula is C10H7ClN4O4. The number of hydrogen-bond donors (Lipinski definition) is 1. The fourth-order valence-corrected chi connectivity index (χ4v) is 1.52. The van der Waals surface area contributed by atoms with Gasteiger partial charge in [0.1, 0.15) is 0 Å². The number of halogens is 1. The van der Waals surface area contributed by atoms with Gasteiger partial charge in [0.05, 0.1) is 15.5 Å². The van der Waals surface area contributed by atoms with Gasteiger partial charge in [-0.3, -0.25) is 20.2 Å². The molecule has 9 heteroatoms. The fourth-order valence-electron chi connectivity index (χ4n) is 1.31. The number of benzene rings is 1. The molecule has 0 atom stereocenters. The molecule has 0 aliphatic rings. The Balaban J connectivity index is 2.27. The minimum absolute atomic E-state index is 0.0493. The second kappa shape index (κ2) is 5.02. The number of anilines is 1. The van der Waals surface area contributed by atoms with Crippen molar-refractivity contribution in [3.8, 4) is 0 Å². The molecule has 0 fully saturated rings. The van der Waals surface area contributed by atoms with Crippen molar-refractivity contribution >= 4 is 29.2 Å². The van der Waals surface area contributed by atoms with E-state index in [0.29, 0.717) is 0 Å². The third kappa shape index (κ3) is 2.86. The van der Waals surface area contributed by atoms with Crippen molar-refractivity contribution in [3.05, 3.63) is 44.8 Å². The van der Waals surface area contributed by atoms with Crippen LogP contribution in [0.2, 0.25) is 5.02 Å². The van der Waals surface area contributed by atoms with E-state index in [1.807, 2.05) is 0 Å². The van der Waals surface area contributed by atoms with Crippen LogP contribution >= 0.6 is 11.6 Å². The van der Waals surface area contributed by atoms with Gasteiger partial charge in [0.25, 0.3) is 11.6 Å². The summed E-state index contributed by atoms with van der Waals surface area (Å²) in [5.74, 6) is -0.391. The van der Waals surface area contributed by atoms with Gasteiger partial charge in [-0.15, -0.1) is 5.10 Å². The van der Waals surface area contributed by atoms with Crippen LogP contribution in [0.5, 0.6) is 0 Å². The van der Waals surface area contributed by atoms with Gasteiger partial charge in [-0.2, -0.15) is 0 Å². The van der Waals surface area contributed by atoms with Crippen molar-refractivity contribution in [2.75, 3.05) is 5.32 Å². The van der Waals surface area contributed by atoms with E-state index in [4.69, 9.17) is 16.0 Å². The summed E-state index contributed by atoms with van der Waals surface area (Å²) in [7, 11) is 0. The highest BCUT2D eigenvalue weighted by Gasteiger charge is 2.17. The first-order chi connectivity index (χ1) is 8.97. The van der Waals surface area contributed by atoms with Gasteiger partial charge in [-0.25, -0.2) is 0 Å². The summed E-state index contributed by atoms with van der Waals surface area (Å²) in [6.45, 7) is 1.56. The van der Waals surface area contributed by atoms with Gasteiger partial charge in [-0.05, 0) is 6.07 Å². The van der Waals surface area contributed by atoms with Gasteiger partial charge in [0, 0.05) is 19.1 Å². The van der Waals surface area contributed by atoms with E-state index in [1.54, 1.807) is 6.92 Å². The molecule has 98 valence electrons. The lowest BCUT2D eigenvalue weighted by atomic mass is 10.2. The average molecular weight is 283 g/mol. The van der Waals surface area contributed by atoms with E-state index in [2.05, 4.69) is 15.5 Å². The summed E-state index contributed by atoms with van der Waals surface area (Å²) in [6, 6.07) is 3.44. The van der Waals surface area contributed by atoms with E-state index >= 15 is 0 Å². The topological polar surface area (TPSA) is 111 Å². The molecule has 1 N–H and O–H groups in total. The van der Waals surface area contributed by atoms with Crippen molar-refractivity contribution in [2.24, 2.45) is 0 Å². The van der Waals surface area contributed by atoms with Gasteiger partial charge < -0.3 is 4.42 Å². The molecule has 0 saturated heterocycles. The van der Waals surface area contributed by atoms with Crippen molar-refractivity contribution in [1.29, 1.82) is 0 Å². The van der Waals surface area contributed by atoms with Crippen LogP contribution in [-0.4, -0.2) is 21.0 Å². The van der Waals surface area contributed by atoms with E-state index in [0.717, 1.165) is 6.07 Å². The highest BCUT2D eigenvalue weighted by molar-refractivity contribution is 6.34. The highest BCUT2D eigenvalue weighted by atomic mass is 35.5. The van der Waals surface area contributed by atoms with Gasteiger partial charge in [0.15, 0.2) is 0 Å². The monoisotopic (exact) mass is 282 g/mol. The predicted octanol–water partition coefficient (Wildman–Crippen LogP) is 2.19. The molecule has 0 radical (unpaired) electrons. The Morgan fingerprint density at radius 3 is 2.79 bits per heavy atom. The number of carbonyl (C=O) groups excluding carboxylic acids is 1. The zero-order valence-corrected chi connectivity index (χ0v) is 10.3. The first-order valence-electron chi connectivity index (χ1n) is 5.03. The molecule has 1 aromatic heterocycles. The maximum Gasteiger partial charge on any atom is 0.322 e. The van der Waals surface area contributed by atoms with Crippen LogP contribution in [0.3, 0.4) is 0 Å². The lowest BCUT2D eigenvalue weighted by Crippen LogP contribution is -2.13. The van der Waals surface area contributed by atoms with Crippen LogP contribution in [0.15, 0.2) is 22.6 Å². The number of aryl methyl sites for hydroxylation is 1. The van der Waals surface area contributed by atoms with Crippen molar-refractivity contribution in [1.82, 2.24) is 10.2 Å². The molecule has 1 heterocycles. The van der Waals surface area contributed by atoms with Crippen LogP contribution in [0.25, 0.3) is 0 Å². The summed E-state index contributed by atoms with van der Waals surface area (Å²) in [5.41, 5.74) is -0.289. The molecule has 0 aliphatic carbocycles. The Bertz CT molecular complexity index is 655. The van der Waals surface area contributed by atoms with Gasteiger partial charge in [0.2, 0.25) is 5.89 Å². The zero-order valence-electron chi connectivity index (χ0n) is 9.58. The third-order valence-corrected chi connectivity index (χ3v) is 2.48. The van der Waals surface area contributed by atoms with Crippen LogP contribution in [0.4, 0.5) is 11.7 Å². The number of nitro benzene ring substituents is 1. The standard InChI is InChI=1S/C10H7ClN4O4/c1-5-13-14-10(19-5)12-9(16)7-4-6(15(17)18)2-3-8(7)11/h2-4H,1H3,(H,12,14,16). The number of hydrogen-bond acceptors (Lipinski definition) is 6. The number of nitro groups is 1. The first-order valence-corrected chi connectivity index (χ1v) is 5.40. The number of nitrogens with zero attached hydrogens (tertiary/aromatic N) is 3. The lowest BCUT2D eigenvalue weighted by Gasteiger charge is -2.02. The molecular weight excluding hydrogens is 276 g/mol. The van der Waals surface area contributed by atoms with E-state index in [-0.39, 0.29) is 28.2 Å². The SMILES string of the molecule is Cc1nnc(NC(=O)c2cc([N+](=O)[O-])ccc2Cl)o1. The Morgan fingerprint density at radius 1 is 1.47 bits per heavy atom. The predicted molar refractivity (Wildman–Crippen MR) is 65.1 cm³/mol. The molecule has 0 spiro atoms. The number of amides is 1. The molecule has 1 aromatic carbocycles. The average Bonchev–Trinajstić information content (AvgIpc) is 2.74. The summed E-state index contributed by atoms with van der Waals surface area (Å²) in [4.78, 5) is 21.9. The normalized spacial score (nSPS) is 10.2. The van der Waals surface area contributed by atoms with Crippen molar-refractivity contribution < 1.29 is 14.1 Å². The number of aromatic nitrogens is 2. The highest BCUT2D eigenvalue weighted by Crippen LogP contribution is 2.22. The number of non-ortho nitro benzene ring substituents is 1. The van der Waals surface area contributed by atoms with Crippen LogP contribution in [0.1, 0.15) is 16.2 Å². The minimum Gasteiger partial charge on any atom is -0.408 e. The molecule has 2 rings (SSSR count). The molecule has 19 heavy (non-hydrogen) atoms. The molecule has 0 aliphatic heterocycles. The molecule has 1 amide bonds. The number of rotatable bonds is 3. The summed E-state index contributed by atoms with van der Waals surface area (Å²) >= 11 is 5.82. The summed E-state index contributed by atoms with van der Waals surface area (Å²) < 4.78 is 4.96. The minimum atomic E-state index is -0.669. The smallest absolute Gasteiger partial charge is 0.322 e. The Hall–Kier alpha value is -2.48. The zero-order chi connectivity index (χ0) is 14.0. The Kier molecular flexibility index (Phi) is 3.43. The largest absolute Gasteiger partial charge is 0.408 e. The first kappa shape index (κ1) is 13.0. The summed E-state index contributed by atoms with van der Waals surface area (Å²) in [5, 5.41) is 20.1. The van der Waals surface area contributed by atoms with Crippen LogP contribution in [-0.2, 0) is 0 Å². The van der Waals surface area contributed by atoms with E-state index < -0.39 is 10.8 Å². The lowest BCUT2D eigenvalue weighted by molar-refractivity contribution is -0.384.